The summed E-state index contributed by atoms with van der Waals surface area (Å²) in [6.07, 6.45) is 5.49. The molecule has 1 aliphatic rings. The molecular formula is C14H14ClN3. The van der Waals surface area contributed by atoms with Gasteiger partial charge in [0.25, 0.3) is 0 Å². The van der Waals surface area contributed by atoms with E-state index in [1.807, 2.05) is 12.1 Å². The van der Waals surface area contributed by atoms with Crippen LogP contribution >= 0.6 is 11.6 Å². The molecule has 1 atom stereocenters. The summed E-state index contributed by atoms with van der Waals surface area (Å²) in [5.41, 5.74) is 4.03. The second-order valence-corrected chi connectivity index (χ2v) is 5.12. The standard InChI is InChI=1S/C14H14ClN3/c1-9-5-11(15)6-10-7-12(8-13(9)10)18-14-16-3-2-4-17-14/h2-6,12H,7-8H2,1H3,(H,16,17,18). The first-order valence-electron chi connectivity index (χ1n) is 6.04. The maximum atomic E-state index is 6.09. The third-order valence-electron chi connectivity index (χ3n) is 3.35. The fourth-order valence-electron chi connectivity index (χ4n) is 2.56. The van der Waals surface area contributed by atoms with E-state index in [-0.39, 0.29) is 0 Å². The molecule has 0 saturated carbocycles. The third kappa shape index (κ3) is 2.18. The molecule has 0 fully saturated rings. The largest absolute Gasteiger partial charge is 0.351 e. The van der Waals surface area contributed by atoms with Crippen LogP contribution in [-0.2, 0) is 12.8 Å². The van der Waals surface area contributed by atoms with Gasteiger partial charge in [-0.1, -0.05) is 11.6 Å². The summed E-state index contributed by atoms with van der Waals surface area (Å²) < 4.78 is 0. The Morgan fingerprint density at radius 3 is 2.78 bits per heavy atom. The predicted molar refractivity (Wildman–Crippen MR) is 73.0 cm³/mol. The molecule has 2 aromatic rings. The number of nitrogens with one attached hydrogen (secondary N) is 1. The molecule has 18 heavy (non-hydrogen) atoms. The molecule has 3 nitrogen and oxygen atoms in total. The lowest BCUT2D eigenvalue weighted by molar-refractivity contribution is 0.760. The monoisotopic (exact) mass is 259 g/mol. The van der Waals surface area contributed by atoms with E-state index < -0.39 is 0 Å². The van der Waals surface area contributed by atoms with Crippen LogP contribution in [0.3, 0.4) is 0 Å². The predicted octanol–water partition coefficient (Wildman–Crippen LogP) is 3.02. The van der Waals surface area contributed by atoms with Crippen LogP contribution in [0.5, 0.6) is 0 Å². The lowest BCUT2D eigenvalue weighted by Gasteiger charge is -2.11. The van der Waals surface area contributed by atoms with Gasteiger partial charge in [-0.05, 0) is 54.7 Å². The summed E-state index contributed by atoms with van der Waals surface area (Å²) in [6, 6.07) is 6.28. The first kappa shape index (κ1) is 11.5. The zero-order valence-corrected chi connectivity index (χ0v) is 10.9. The van der Waals surface area contributed by atoms with Crippen molar-refractivity contribution in [1.82, 2.24) is 9.97 Å². The Balaban J connectivity index is 1.79. The molecule has 92 valence electrons. The molecule has 1 aliphatic carbocycles. The van der Waals surface area contributed by atoms with Crippen molar-refractivity contribution in [3.8, 4) is 0 Å². The van der Waals surface area contributed by atoms with E-state index in [1.165, 1.54) is 16.7 Å². The van der Waals surface area contributed by atoms with Crippen molar-refractivity contribution in [2.24, 2.45) is 0 Å². The topological polar surface area (TPSA) is 37.8 Å². The number of halogens is 1. The number of hydrogen-bond acceptors (Lipinski definition) is 3. The molecule has 0 spiro atoms. The van der Waals surface area contributed by atoms with E-state index in [0.29, 0.717) is 12.0 Å². The average molecular weight is 260 g/mol. The van der Waals surface area contributed by atoms with Crippen molar-refractivity contribution in [2.45, 2.75) is 25.8 Å². The van der Waals surface area contributed by atoms with Crippen LogP contribution in [0, 0.1) is 6.92 Å². The highest BCUT2D eigenvalue weighted by Gasteiger charge is 2.23. The fourth-order valence-corrected chi connectivity index (χ4v) is 2.85. The van der Waals surface area contributed by atoms with Gasteiger partial charge in [0.1, 0.15) is 0 Å². The molecule has 4 heteroatoms. The van der Waals surface area contributed by atoms with Crippen LogP contribution in [0.2, 0.25) is 5.02 Å². The Bertz CT molecular complexity index is 569. The van der Waals surface area contributed by atoms with Gasteiger partial charge in [0.15, 0.2) is 0 Å². The SMILES string of the molecule is Cc1cc(Cl)cc2c1CC(Nc1ncccn1)C2. The minimum absolute atomic E-state index is 0.361. The van der Waals surface area contributed by atoms with E-state index in [0.717, 1.165) is 17.9 Å². The second-order valence-electron chi connectivity index (χ2n) is 4.68. The molecule has 0 aliphatic heterocycles. The minimum atomic E-state index is 0.361. The van der Waals surface area contributed by atoms with Gasteiger partial charge in [0.2, 0.25) is 5.95 Å². The summed E-state index contributed by atoms with van der Waals surface area (Å²) in [5, 5.41) is 4.19. The Hall–Kier alpha value is -1.61. The summed E-state index contributed by atoms with van der Waals surface area (Å²) in [7, 11) is 0. The van der Waals surface area contributed by atoms with Crippen molar-refractivity contribution < 1.29 is 0 Å². The highest BCUT2D eigenvalue weighted by molar-refractivity contribution is 6.30. The van der Waals surface area contributed by atoms with E-state index >= 15 is 0 Å². The van der Waals surface area contributed by atoms with Gasteiger partial charge in [0.05, 0.1) is 0 Å². The van der Waals surface area contributed by atoms with E-state index in [9.17, 15) is 0 Å². The Morgan fingerprint density at radius 1 is 1.22 bits per heavy atom. The molecule has 1 aromatic heterocycles. The first-order chi connectivity index (χ1) is 8.72. The molecule has 0 bridgehead atoms. The van der Waals surface area contributed by atoms with Crippen molar-refractivity contribution in [1.29, 1.82) is 0 Å². The van der Waals surface area contributed by atoms with Gasteiger partial charge in [-0.2, -0.15) is 0 Å². The van der Waals surface area contributed by atoms with Crippen molar-refractivity contribution >= 4 is 17.5 Å². The van der Waals surface area contributed by atoms with Gasteiger partial charge in [-0.25, -0.2) is 9.97 Å². The summed E-state index contributed by atoms with van der Waals surface area (Å²) in [4.78, 5) is 8.39. The van der Waals surface area contributed by atoms with Gasteiger partial charge >= 0.3 is 0 Å². The zero-order chi connectivity index (χ0) is 12.5. The second kappa shape index (κ2) is 4.58. The van der Waals surface area contributed by atoms with Crippen LogP contribution in [0.1, 0.15) is 16.7 Å². The van der Waals surface area contributed by atoms with E-state index in [2.05, 4.69) is 28.3 Å². The first-order valence-corrected chi connectivity index (χ1v) is 6.41. The molecule has 1 unspecified atom stereocenters. The number of rotatable bonds is 2. The van der Waals surface area contributed by atoms with Gasteiger partial charge < -0.3 is 5.32 Å². The maximum absolute atomic E-state index is 6.09. The van der Waals surface area contributed by atoms with Crippen molar-refractivity contribution in [3.63, 3.8) is 0 Å². The minimum Gasteiger partial charge on any atom is -0.351 e. The molecule has 1 aromatic carbocycles. The Kier molecular flexibility index (Phi) is 2.92. The van der Waals surface area contributed by atoms with Gasteiger partial charge in [0, 0.05) is 23.5 Å². The number of aryl methyl sites for hydroxylation is 1. The highest BCUT2D eigenvalue weighted by atomic mass is 35.5. The molecule has 3 rings (SSSR count). The molecule has 0 radical (unpaired) electrons. The van der Waals surface area contributed by atoms with Gasteiger partial charge in [-0.3, -0.25) is 0 Å². The molecule has 1 N–H and O–H groups in total. The number of aromatic nitrogens is 2. The highest BCUT2D eigenvalue weighted by Crippen LogP contribution is 2.29. The molecule has 1 heterocycles. The number of benzene rings is 1. The molecule has 0 saturated heterocycles. The molecular weight excluding hydrogens is 246 g/mol. The lowest BCUT2D eigenvalue weighted by atomic mass is 10.1. The van der Waals surface area contributed by atoms with E-state index in [4.69, 9.17) is 11.6 Å². The normalized spacial score (nSPS) is 17.6. The van der Waals surface area contributed by atoms with Crippen LogP contribution in [0.25, 0.3) is 0 Å². The number of nitrogens with zero attached hydrogens (tertiary/aromatic N) is 2. The number of fused-ring (bicyclic) bond motifs is 1. The van der Waals surface area contributed by atoms with Crippen molar-refractivity contribution in [3.05, 3.63) is 52.3 Å². The summed E-state index contributed by atoms with van der Waals surface area (Å²) in [5.74, 6) is 0.694. The van der Waals surface area contributed by atoms with Crippen LogP contribution < -0.4 is 5.32 Å². The quantitative estimate of drug-likeness (QED) is 0.901. The van der Waals surface area contributed by atoms with Crippen LogP contribution in [0.15, 0.2) is 30.6 Å². The van der Waals surface area contributed by atoms with E-state index in [1.54, 1.807) is 12.4 Å². The zero-order valence-electron chi connectivity index (χ0n) is 10.2. The van der Waals surface area contributed by atoms with Crippen LogP contribution in [-0.4, -0.2) is 16.0 Å². The van der Waals surface area contributed by atoms with Crippen LogP contribution in [0.4, 0.5) is 5.95 Å². The lowest BCUT2D eigenvalue weighted by Crippen LogP contribution is -2.20. The fraction of sp³-hybridized carbons (Fsp3) is 0.286. The Morgan fingerprint density at radius 2 is 2.00 bits per heavy atom. The molecule has 0 amide bonds. The van der Waals surface area contributed by atoms with Gasteiger partial charge in [-0.15, -0.1) is 0 Å². The smallest absolute Gasteiger partial charge is 0.222 e. The summed E-state index contributed by atoms with van der Waals surface area (Å²) >= 11 is 6.09. The Labute approximate surface area is 111 Å². The third-order valence-corrected chi connectivity index (χ3v) is 3.56. The number of anilines is 1. The average Bonchev–Trinajstić information content (AvgIpc) is 2.73. The maximum Gasteiger partial charge on any atom is 0.222 e. The van der Waals surface area contributed by atoms with Crippen molar-refractivity contribution in [2.75, 3.05) is 5.32 Å². The summed E-state index contributed by atoms with van der Waals surface area (Å²) in [6.45, 7) is 2.12. The number of hydrogen-bond donors (Lipinski definition) is 1.